The first-order chi connectivity index (χ1) is 11.7. The van der Waals surface area contributed by atoms with Crippen LogP contribution in [0.15, 0.2) is 42.9 Å². The van der Waals surface area contributed by atoms with Crippen molar-refractivity contribution in [2.75, 3.05) is 19.7 Å². The Labute approximate surface area is 143 Å². The fraction of sp³-hybridized carbons (Fsp3) is 0.526. The van der Waals surface area contributed by atoms with E-state index in [1.165, 1.54) is 5.69 Å². The minimum Gasteiger partial charge on any atom is -0.488 e. The molecule has 0 amide bonds. The van der Waals surface area contributed by atoms with Crippen LogP contribution in [-0.2, 0) is 18.3 Å². The normalized spacial score (nSPS) is 23.6. The molecule has 1 spiro atoms. The lowest BCUT2D eigenvalue weighted by Crippen LogP contribution is -2.44. The van der Waals surface area contributed by atoms with Crippen LogP contribution in [0.4, 0.5) is 0 Å². The molecule has 0 saturated carbocycles. The SMILES string of the molecule is Cn1cncc1CN1CCC2(CC1)CC(Oc1ccccc1)CO2. The molecule has 0 radical (unpaired) electrons. The van der Waals surface area contributed by atoms with E-state index >= 15 is 0 Å². The van der Waals surface area contributed by atoms with Gasteiger partial charge in [-0.25, -0.2) is 4.98 Å². The lowest BCUT2D eigenvalue weighted by molar-refractivity contribution is -0.0457. The molecule has 4 rings (SSSR count). The minimum absolute atomic E-state index is 0.0163. The molecule has 1 aromatic heterocycles. The summed E-state index contributed by atoms with van der Waals surface area (Å²) in [5, 5.41) is 0. The van der Waals surface area contributed by atoms with Crippen LogP contribution in [0.2, 0.25) is 0 Å². The monoisotopic (exact) mass is 327 g/mol. The highest BCUT2D eigenvalue weighted by molar-refractivity contribution is 5.21. The first-order valence-corrected chi connectivity index (χ1v) is 8.76. The zero-order valence-corrected chi connectivity index (χ0v) is 14.2. The standard InChI is InChI=1S/C19H25N3O2/c1-21-15-20-12-16(21)13-22-9-7-19(8-10-22)11-18(14-23-19)24-17-5-3-2-4-6-17/h2-6,12,15,18H,7-11,13-14H2,1H3. The molecule has 1 aromatic carbocycles. The van der Waals surface area contributed by atoms with Gasteiger partial charge in [0.15, 0.2) is 0 Å². The van der Waals surface area contributed by atoms with E-state index in [4.69, 9.17) is 9.47 Å². The number of aryl methyl sites for hydroxylation is 1. The molecule has 24 heavy (non-hydrogen) atoms. The molecule has 2 aromatic rings. The lowest BCUT2D eigenvalue weighted by Gasteiger charge is -2.38. The molecule has 5 heteroatoms. The van der Waals surface area contributed by atoms with E-state index in [0.29, 0.717) is 6.61 Å². The molecule has 5 nitrogen and oxygen atoms in total. The van der Waals surface area contributed by atoms with Crippen molar-refractivity contribution in [3.05, 3.63) is 48.5 Å². The maximum atomic E-state index is 6.20. The predicted molar refractivity (Wildman–Crippen MR) is 91.9 cm³/mol. The fourth-order valence-electron chi connectivity index (χ4n) is 3.80. The first-order valence-electron chi connectivity index (χ1n) is 8.76. The van der Waals surface area contributed by atoms with E-state index in [1.807, 2.05) is 42.9 Å². The Bertz CT molecular complexity index is 662. The third-order valence-electron chi connectivity index (χ3n) is 5.29. The molecule has 0 N–H and O–H groups in total. The van der Waals surface area contributed by atoms with Crippen molar-refractivity contribution in [1.29, 1.82) is 0 Å². The van der Waals surface area contributed by atoms with Gasteiger partial charge in [0.25, 0.3) is 0 Å². The van der Waals surface area contributed by atoms with Gasteiger partial charge in [-0.2, -0.15) is 0 Å². The van der Waals surface area contributed by atoms with Crippen LogP contribution >= 0.6 is 0 Å². The molecule has 128 valence electrons. The second-order valence-electron chi connectivity index (χ2n) is 7.02. The summed E-state index contributed by atoms with van der Waals surface area (Å²) in [6.07, 6.45) is 7.17. The van der Waals surface area contributed by atoms with Gasteiger partial charge in [0.05, 0.1) is 24.2 Å². The number of hydrogen-bond acceptors (Lipinski definition) is 4. The van der Waals surface area contributed by atoms with E-state index < -0.39 is 0 Å². The van der Waals surface area contributed by atoms with Crippen molar-refractivity contribution >= 4 is 0 Å². The van der Waals surface area contributed by atoms with Crippen LogP contribution < -0.4 is 4.74 Å². The number of para-hydroxylation sites is 1. The van der Waals surface area contributed by atoms with E-state index in [0.717, 1.165) is 44.6 Å². The number of aromatic nitrogens is 2. The predicted octanol–water partition coefficient (Wildman–Crippen LogP) is 2.62. The Morgan fingerprint density at radius 2 is 2.04 bits per heavy atom. The summed E-state index contributed by atoms with van der Waals surface area (Å²) in [4.78, 5) is 6.70. The van der Waals surface area contributed by atoms with Crippen LogP contribution in [0.5, 0.6) is 5.75 Å². The molecule has 2 aliphatic heterocycles. The Morgan fingerprint density at radius 3 is 2.75 bits per heavy atom. The number of imidazole rings is 1. The topological polar surface area (TPSA) is 39.5 Å². The average Bonchev–Trinajstić information content (AvgIpc) is 3.18. The van der Waals surface area contributed by atoms with Crippen molar-refractivity contribution in [1.82, 2.24) is 14.5 Å². The third-order valence-corrected chi connectivity index (χ3v) is 5.29. The van der Waals surface area contributed by atoms with Crippen molar-refractivity contribution in [2.45, 2.75) is 37.5 Å². The van der Waals surface area contributed by atoms with Gasteiger partial charge in [-0.1, -0.05) is 18.2 Å². The maximum Gasteiger partial charge on any atom is 0.125 e. The quantitative estimate of drug-likeness (QED) is 0.865. The molecular formula is C19H25N3O2. The van der Waals surface area contributed by atoms with Crippen LogP contribution in [0.1, 0.15) is 25.0 Å². The molecule has 1 atom stereocenters. The molecule has 0 aliphatic carbocycles. The molecule has 2 fully saturated rings. The summed E-state index contributed by atoms with van der Waals surface area (Å²) in [7, 11) is 2.05. The molecule has 1 unspecified atom stereocenters. The number of piperidine rings is 1. The minimum atomic E-state index is 0.0163. The summed E-state index contributed by atoms with van der Waals surface area (Å²) in [6.45, 7) is 3.82. The van der Waals surface area contributed by atoms with Gasteiger partial charge in [-0.15, -0.1) is 0 Å². The van der Waals surface area contributed by atoms with Gasteiger partial charge in [0, 0.05) is 39.3 Å². The highest BCUT2D eigenvalue weighted by Crippen LogP contribution is 2.37. The van der Waals surface area contributed by atoms with Crippen molar-refractivity contribution in [2.24, 2.45) is 7.05 Å². The van der Waals surface area contributed by atoms with E-state index in [1.54, 1.807) is 0 Å². The summed E-state index contributed by atoms with van der Waals surface area (Å²) in [5.41, 5.74) is 1.28. The molecule has 0 bridgehead atoms. The Morgan fingerprint density at radius 1 is 1.25 bits per heavy atom. The van der Waals surface area contributed by atoms with E-state index in [9.17, 15) is 0 Å². The number of likely N-dealkylation sites (tertiary alicyclic amines) is 1. The average molecular weight is 327 g/mol. The third kappa shape index (κ3) is 3.32. The van der Waals surface area contributed by atoms with Crippen molar-refractivity contribution < 1.29 is 9.47 Å². The zero-order valence-electron chi connectivity index (χ0n) is 14.2. The van der Waals surface area contributed by atoms with Gasteiger partial charge < -0.3 is 14.0 Å². The lowest BCUT2D eigenvalue weighted by atomic mass is 9.88. The van der Waals surface area contributed by atoms with Gasteiger partial charge in [0.1, 0.15) is 11.9 Å². The van der Waals surface area contributed by atoms with Crippen LogP contribution in [0.25, 0.3) is 0 Å². The fourth-order valence-corrected chi connectivity index (χ4v) is 3.80. The first kappa shape index (κ1) is 15.7. The number of ether oxygens (including phenoxy) is 2. The van der Waals surface area contributed by atoms with Crippen molar-refractivity contribution in [3.8, 4) is 5.75 Å². The largest absolute Gasteiger partial charge is 0.488 e. The highest BCUT2D eigenvalue weighted by Gasteiger charge is 2.43. The molecule has 2 aliphatic rings. The Hall–Kier alpha value is -1.85. The van der Waals surface area contributed by atoms with Gasteiger partial charge in [-0.3, -0.25) is 4.90 Å². The van der Waals surface area contributed by atoms with E-state index in [2.05, 4.69) is 21.5 Å². The van der Waals surface area contributed by atoms with E-state index in [-0.39, 0.29) is 11.7 Å². The number of rotatable bonds is 4. The summed E-state index contributed by atoms with van der Waals surface area (Å²) < 4.78 is 14.4. The number of benzene rings is 1. The van der Waals surface area contributed by atoms with Crippen LogP contribution in [0.3, 0.4) is 0 Å². The number of hydrogen-bond donors (Lipinski definition) is 0. The van der Waals surface area contributed by atoms with Crippen LogP contribution in [-0.4, -0.2) is 45.9 Å². The van der Waals surface area contributed by atoms with Crippen molar-refractivity contribution in [3.63, 3.8) is 0 Å². The summed E-state index contributed by atoms with van der Waals surface area (Å²) in [6, 6.07) is 10.1. The summed E-state index contributed by atoms with van der Waals surface area (Å²) in [5.74, 6) is 0.941. The second-order valence-corrected chi connectivity index (χ2v) is 7.02. The maximum absolute atomic E-state index is 6.20. The highest BCUT2D eigenvalue weighted by atomic mass is 16.6. The number of nitrogens with zero attached hydrogens (tertiary/aromatic N) is 3. The van der Waals surface area contributed by atoms with Gasteiger partial charge in [-0.05, 0) is 25.0 Å². The van der Waals surface area contributed by atoms with Gasteiger partial charge >= 0.3 is 0 Å². The molecular weight excluding hydrogens is 302 g/mol. The zero-order chi connectivity index (χ0) is 16.4. The molecule has 2 saturated heterocycles. The Balaban J connectivity index is 1.30. The Kier molecular flexibility index (Phi) is 4.29. The smallest absolute Gasteiger partial charge is 0.125 e. The van der Waals surface area contributed by atoms with Gasteiger partial charge in [0.2, 0.25) is 0 Å². The second kappa shape index (κ2) is 6.57. The van der Waals surface area contributed by atoms with Crippen LogP contribution in [0, 0.1) is 0 Å². The summed E-state index contributed by atoms with van der Waals surface area (Å²) >= 11 is 0. The molecule has 3 heterocycles.